The Balaban J connectivity index is 2.61. The van der Waals surface area contributed by atoms with Crippen LogP contribution >= 0.6 is 0 Å². The number of nitrogens with one attached hydrogen (secondary N) is 1. The minimum Gasteiger partial charge on any atom is -0.316 e. The van der Waals surface area contributed by atoms with Crippen molar-refractivity contribution in [2.75, 3.05) is 7.05 Å². The van der Waals surface area contributed by atoms with E-state index in [4.69, 9.17) is 0 Å². The second-order valence-electron chi connectivity index (χ2n) is 4.42. The number of halogens is 3. The van der Waals surface area contributed by atoms with Gasteiger partial charge in [-0.2, -0.15) is 0 Å². The molecular weight excluding hydrogens is 251 g/mol. The van der Waals surface area contributed by atoms with Crippen LogP contribution in [0, 0.1) is 24.4 Å². The Bertz CT molecular complexity index is 585. The van der Waals surface area contributed by atoms with Gasteiger partial charge in [-0.1, -0.05) is 12.1 Å². The zero-order chi connectivity index (χ0) is 14.0. The molecule has 0 aromatic heterocycles. The van der Waals surface area contributed by atoms with Crippen molar-refractivity contribution in [3.63, 3.8) is 0 Å². The fourth-order valence-corrected chi connectivity index (χ4v) is 2.05. The summed E-state index contributed by atoms with van der Waals surface area (Å²) in [6, 6.07) is 6.79. The Morgan fingerprint density at radius 1 is 1.00 bits per heavy atom. The monoisotopic (exact) mass is 265 g/mol. The molecule has 0 amide bonds. The van der Waals surface area contributed by atoms with Crippen LogP contribution in [0.25, 0.3) is 11.1 Å². The van der Waals surface area contributed by atoms with Crippen molar-refractivity contribution in [2.45, 2.75) is 13.5 Å². The molecule has 100 valence electrons. The molecule has 0 atom stereocenters. The number of hydrogen-bond acceptors (Lipinski definition) is 1. The molecule has 0 fully saturated rings. The van der Waals surface area contributed by atoms with Crippen molar-refractivity contribution in [1.29, 1.82) is 0 Å². The van der Waals surface area contributed by atoms with Gasteiger partial charge < -0.3 is 5.32 Å². The maximum Gasteiger partial charge on any atom is 0.136 e. The minimum atomic E-state index is -0.914. The predicted molar refractivity (Wildman–Crippen MR) is 69.3 cm³/mol. The van der Waals surface area contributed by atoms with Crippen LogP contribution in [0.4, 0.5) is 13.2 Å². The largest absolute Gasteiger partial charge is 0.316 e. The van der Waals surface area contributed by atoms with Crippen LogP contribution in [0.1, 0.15) is 11.1 Å². The van der Waals surface area contributed by atoms with Crippen LogP contribution in [0.15, 0.2) is 30.3 Å². The normalized spacial score (nSPS) is 10.8. The van der Waals surface area contributed by atoms with E-state index in [0.29, 0.717) is 24.2 Å². The Morgan fingerprint density at radius 3 is 2.21 bits per heavy atom. The Kier molecular flexibility index (Phi) is 3.90. The second kappa shape index (κ2) is 5.45. The first-order valence-electron chi connectivity index (χ1n) is 5.92. The molecule has 0 aliphatic heterocycles. The number of aryl methyl sites for hydroxylation is 1. The van der Waals surface area contributed by atoms with E-state index in [9.17, 15) is 13.2 Å². The summed E-state index contributed by atoms with van der Waals surface area (Å²) in [4.78, 5) is 0. The molecule has 0 saturated carbocycles. The molecule has 0 aliphatic rings. The van der Waals surface area contributed by atoms with Gasteiger partial charge in [0.1, 0.15) is 17.5 Å². The first-order valence-corrected chi connectivity index (χ1v) is 5.92. The smallest absolute Gasteiger partial charge is 0.136 e. The van der Waals surface area contributed by atoms with Gasteiger partial charge in [-0.3, -0.25) is 0 Å². The van der Waals surface area contributed by atoms with Crippen molar-refractivity contribution in [2.24, 2.45) is 0 Å². The van der Waals surface area contributed by atoms with E-state index in [0.717, 1.165) is 11.1 Å². The topological polar surface area (TPSA) is 12.0 Å². The summed E-state index contributed by atoms with van der Waals surface area (Å²) < 4.78 is 40.5. The van der Waals surface area contributed by atoms with Crippen LogP contribution in [0.3, 0.4) is 0 Å². The molecule has 4 heteroatoms. The Morgan fingerprint density at radius 2 is 1.63 bits per heavy atom. The first-order chi connectivity index (χ1) is 9.02. The lowest BCUT2D eigenvalue weighted by Gasteiger charge is -2.11. The highest BCUT2D eigenvalue weighted by Gasteiger charge is 2.15. The molecule has 19 heavy (non-hydrogen) atoms. The Labute approximate surface area is 110 Å². The van der Waals surface area contributed by atoms with Crippen molar-refractivity contribution in [3.05, 3.63) is 58.9 Å². The Hall–Kier alpha value is -1.81. The molecule has 0 heterocycles. The lowest BCUT2D eigenvalue weighted by Crippen LogP contribution is -2.05. The molecule has 2 aromatic carbocycles. The minimum absolute atomic E-state index is 0.183. The van der Waals surface area contributed by atoms with E-state index in [-0.39, 0.29) is 5.56 Å². The average Bonchev–Trinajstić information content (AvgIpc) is 2.32. The van der Waals surface area contributed by atoms with E-state index in [2.05, 4.69) is 5.32 Å². The number of benzene rings is 2. The highest BCUT2D eigenvalue weighted by atomic mass is 19.1. The summed E-state index contributed by atoms with van der Waals surface area (Å²) in [6.07, 6.45) is 0. The van der Waals surface area contributed by atoms with E-state index < -0.39 is 17.5 Å². The van der Waals surface area contributed by atoms with Gasteiger partial charge >= 0.3 is 0 Å². The number of rotatable bonds is 3. The SMILES string of the molecule is CNCc1ccc(C)c(-c2c(F)cc(F)cc2F)c1. The van der Waals surface area contributed by atoms with Crippen molar-refractivity contribution in [1.82, 2.24) is 5.32 Å². The van der Waals surface area contributed by atoms with Gasteiger partial charge in [0.25, 0.3) is 0 Å². The summed E-state index contributed by atoms with van der Waals surface area (Å²) in [7, 11) is 1.79. The molecule has 0 aliphatic carbocycles. The standard InChI is InChI=1S/C15H14F3N/c1-9-3-4-10(8-19-2)5-12(9)15-13(17)6-11(16)7-14(15)18/h3-7,19H,8H2,1-2H3. The van der Waals surface area contributed by atoms with Crippen LogP contribution in [0.2, 0.25) is 0 Å². The lowest BCUT2D eigenvalue weighted by atomic mass is 9.97. The molecule has 2 rings (SSSR count). The van der Waals surface area contributed by atoms with E-state index in [1.54, 1.807) is 26.1 Å². The van der Waals surface area contributed by atoms with E-state index in [1.807, 2.05) is 6.07 Å². The van der Waals surface area contributed by atoms with Gasteiger partial charge in [-0.05, 0) is 36.7 Å². The zero-order valence-electron chi connectivity index (χ0n) is 10.7. The molecule has 0 bridgehead atoms. The molecule has 0 spiro atoms. The number of hydrogen-bond donors (Lipinski definition) is 1. The molecule has 1 nitrogen and oxygen atoms in total. The molecule has 0 unspecified atom stereocenters. The van der Waals surface area contributed by atoms with Crippen LogP contribution in [0.5, 0.6) is 0 Å². The highest BCUT2D eigenvalue weighted by molar-refractivity contribution is 5.69. The molecule has 1 N–H and O–H groups in total. The maximum absolute atomic E-state index is 13.8. The van der Waals surface area contributed by atoms with Crippen LogP contribution < -0.4 is 5.32 Å². The van der Waals surface area contributed by atoms with Crippen LogP contribution in [-0.4, -0.2) is 7.05 Å². The van der Waals surface area contributed by atoms with Gasteiger partial charge in [0.15, 0.2) is 0 Å². The summed E-state index contributed by atoms with van der Waals surface area (Å²) >= 11 is 0. The zero-order valence-corrected chi connectivity index (χ0v) is 10.7. The van der Waals surface area contributed by atoms with Gasteiger partial charge in [0, 0.05) is 18.7 Å². The van der Waals surface area contributed by atoms with Crippen molar-refractivity contribution in [3.8, 4) is 11.1 Å². The van der Waals surface area contributed by atoms with E-state index >= 15 is 0 Å². The van der Waals surface area contributed by atoms with E-state index in [1.165, 1.54) is 0 Å². The van der Waals surface area contributed by atoms with Gasteiger partial charge in [-0.25, -0.2) is 13.2 Å². The van der Waals surface area contributed by atoms with Crippen molar-refractivity contribution >= 4 is 0 Å². The maximum atomic E-state index is 13.8. The van der Waals surface area contributed by atoms with Crippen molar-refractivity contribution < 1.29 is 13.2 Å². The third-order valence-electron chi connectivity index (χ3n) is 2.96. The lowest BCUT2D eigenvalue weighted by molar-refractivity contribution is 0.548. The highest BCUT2D eigenvalue weighted by Crippen LogP contribution is 2.30. The quantitative estimate of drug-likeness (QED) is 0.890. The van der Waals surface area contributed by atoms with Gasteiger partial charge in [0.2, 0.25) is 0 Å². The van der Waals surface area contributed by atoms with Crippen LogP contribution in [-0.2, 0) is 6.54 Å². The molecule has 0 saturated heterocycles. The fraction of sp³-hybridized carbons (Fsp3) is 0.200. The average molecular weight is 265 g/mol. The van der Waals surface area contributed by atoms with Gasteiger partial charge in [0.05, 0.1) is 5.56 Å². The summed E-state index contributed by atoms with van der Waals surface area (Å²) in [5.41, 5.74) is 1.91. The second-order valence-corrected chi connectivity index (χ2v) is 4.42. The summed E-state index contributed by atoms with van der Waals surface area (Å²) in [5.74, 6) is -2.69. The summed E-state index contributed by atoms with van der Waals surface area (Å²) in [5, 5.41) is 2.97. The molecular formula is C15H14F3N. The molecule has 2 aromatic rings. The molecule has 0 radical (unpaired) electrons. The third-order valence-corrected chi connectivity index (χ3v) is 2.96. The third kappa shape index (κ3) is 2.79. The first kappa shape index (κ1) is 13.6. The fourth-order valence-electron chi connectivity index (χ4n) is 2.05. The summed E-state index contributed by atoms with van der Waals surface area (Å²) in [6.45, 7) is 2.36. The van der Waals surface area contributed by atoms with Gasteiger partial charge in [-0.15, -0.1) is 0 Å². The predicted octanol–water partition coefficient (Wildman–Crippen LogP) is 3.80.